The van der Waals surface area contributed by atoms with E-state index < -0.39 is 6.23 Å². The number of hydrogen-bond acceptors (Lipinski definition) is 5. The molecule has 1 aromatic heterocycles. The van der Waals surface area contributed by atoms with Gasteiger partial charge in [-0.1, -0.05) is 39.0 Å². The summed E-state index contributed by atoms with van der Waals surface area (Å²) in [6, 6.07) is 13.6. The van der Waals surface area contributed by atoms with Gasteiger partial charge < -0.3 is 10.4 Å². The minimum Gasteiger partial charge on any atom is -0.372 e. The maximum atomic E-state index is 10.2. The third kappa shape index (κ3) is 5.29. The molecule has 2 unspecified atom stereocenters. The van der Waals surface area contributed by atoms with Crippen molar-refractivity contribution >= 4 is 22.9 Å². The number of aliphatic hydroxyl groups excluding tert-OH is 1. The van der Waals surface area contributed by atoms with Crippen molar-refractivity contribution in [2.24, 2.45) is 11.0 Å². The standard InChI is InChI=1S/C20H28N4O/c1-5-15(3)19(6-2)23-24(16(4)25)18-12-13-21-20(14-18)22-17-10-8-7-9-11-17/h7-16,25H,5-6H2,1-4H3,(H,21,22)/b23-19+. The van der Waals surface area contributed by atoms with Crippen molar-refractivity contribution in [1.29, 1.82) is 0 Å². The maximum Gasteiger partial charge on any atom is 0.144 e. The number of hydrogen-bond donors (Lipinski definition) is 2. The van der Waals surface area contributed by atoms with Crippen LogP contribution in [-0.2, 0) is 0 Å². The summed E-state index contributed by atoms with van der Waals surface area (Å²) in [4.78, 5) is 4.36. The van der Waals surface area contributed by atoms with Crippen molar-refractivity contribution in [1.82, 2.24) is 4.98 Å². The lowest BCUT2D eigenvalue weighted by atomic mass is 10.0. The van der Waals surface area contributed by atoms with E-state index in [2.05, 4.69) is 31.1 Å². The molecule has 5 heteroatoms. The van der Waals surface area contributed by atoms with E-state index in [9.17, 15) is 5.11 Å². The number of aliphatic hydroxyl groups is 1. The molecular weight excluding hydrogens is 312 g/mol. The molecule has 25 heavy (non-hydrogen) atoms. The lowest BCUT2D eigenvalue weighted by molar-refractivity contribution is 0.189. The van der Waals surface area contributed by atoms with Crippen LogP contribution in [0.1, 0.15) is 40.5 Å². The van der Waals surface area contributed by atoms with Gasteiger partial charge in [-0.3, -0.25) is 0 Å². The van der Waals surface area contributed by atoms with E-state index in [1.807, 2.05) is 42.5 Å². The molecule has 134 valence electrons. The van der Waals surface area contributed by atoms with Crippen LogP contribution in [0.15, 0.2) is 53.8 Å². The fourth-order valence-electron chi connectivity index (χ4n) is 2.55. The van der Waals surface area contributed by atoms with Gasteiger partial charge in [0, 0.05) is 23.7 Å². The quantitative estimate of drug-likeness (QED) is 0.412. The molecule has 2 N–H and O–H groups in total. The van der Waals surface area contributed by atoms with Crippen LogP contribution in [-0.4, -0.2) is 22.0 Å². The zero-order valence-electron chi connectivity index (χ0n) is 15.5. The van der Waals surface area contributed by atoms with Crippen LogP contribution < -0.4 is 10.3 Å². The van der Waals surface area contributed by atoms with E-state index in [0.717, 1.165) is 29.9 Å². The Morgan fingerprint density at radius 2 is 1.92 bits per heavy atom. The molecule has 0 aliphatic heterocycles. The minimum atomic E-state index is -0.724. The molecule has 0 saturated carbocycles. The molecule has 2 aromatic rings. The highest BCUT2D eigenvalue weighted by molar-refractivity contribution is 5.87. The Morgan fingerprint density at radius 3 is 2.52 bits per heavy atom. The highest BCUT2D eigenvalue weighted by atomic mass is 16.3. The Labute approximate surface area is 150 Å². The normalized spacial score (nSPS) is 14.0. The summed E-state index contributed by atoms with van der Waals surface area (Å²) < 4.78 is 0. The van der Waals surface area contributed by atoms with E-state index in [1.54, 1.807) is 18.1 Å². The number of pyridine rings is 1. The van der Waals surface area contributed by atoms with Crippen LogP contribution in [0.3, 0.4) is 0 Å². The lowest BCUT2D eigenvalue weighted by Crippen LogP contribution is -2.30. The van der Waals surface area contributed by atoms with Gasteiger partial charge in [-0.15, -0.1) is 0 Å². The van der Waals surface area contributed by atoms with Gasteiger partial charge >= 0.3 is 0 Å². The fraction of sp³-hybridized carbons (Fsp3) is 0.400. The molecule has 2 atom stereocenters. The van der Waals surface area contributed by atoms with E-state index >= 15 is 0 Å². The van der Waals surface area contributed by atoms with Gasteiger partial charge in [-0.2, -0.15) is 5.10 Å². The Hall–Kier alpha value is -2.40. The van der Waals surface area contributed by atoms with Gasteiger partial charge in [-0.05, 0) is 43.9 Å². The molecular formula is C20H28N4O. The second-order valence-corrected chi connectivity index (χ2v) is 6.12. The van der Waals surface area contributed by atoms with Crippen LogP contribution >= 0.6 is 0 Å². The number of para-hydroxylation sites is 1. The van der Waals surface area contributed by atoms with Gasteiger partial charge in [0.05, 0.1) is 5.69 Å². The van der Waals surface area contributed by atoms with Gasteiger partial charge in [0.15, 0.2) is 0 Å². The molecule has 0 aliphatic carbocycles. The lowest BCUT2D eigenvalue weighted by Gasteiger charge is -2.25. The molecule has 0 amide bonds. The van der Waals surface area contributed by atoms with E-state index in [0.29, 0.717) is 11.7 Å². The van der Waals surface area contributed by atoms with Crippen molar-refractivity contribution in [3.8, 4) is 0 Å². The average Bonchev–Trinajstić information content (AvgIpc) is 2.63. The Kier molecular flexibility index (Phi) is 6.95. The smallest absolute Gasteiger partial charge is 0.144 e. The zero-order valence-corrected chi connectivity index (χ0v) is 15.5. The first-order chi connectivity index (χ1) is 12.0. The van der Waals surface area contributed by atoms with Crippen LogP contribution in [0.25, 0.3) is 0 Å². The fourth-order valence-corrected chi connectivity index (χ4v) is 2.55. The molecule has 2 rings (SSSR count). The van der Waals surface area contributed by atoms with Crippen LogP contribution in [0, 0.1) is 5.92 Å². The molecule has 0 saturated heterocycles. The number of rotatable bonds is 8. The second-order valence-electron chi connectivity index (χ2n) is 6.12. The zero-order chi connectivity index (χ0) is 18.2. The third-order valence-corrected chi connectivity index (χ3v) is 4.19. The molecule has 0 aliphatic rings. The Balaban J connectivity index is 2.29. The Morgan fingerprint density at radius 1 is 1.20 bits per heavy atom. The maximum absolute atomic E-state index is 10.2. The van der Waals surface area contributed by atoms with Gasteiger partial charge in [-0.25, -0.2) is 9.99 Å². The summed E-state index contributed by atoms with van der Waals surface area (Å²) in [6.07, 6.45) is 2.88. The van der Waals surface area contributed by atoms with Crippen molar-refractivity contribution in [3.05, 3.63) is 48.7 Å². The average molecular weight is 340 g/mol. The first-order valence-corrected chi connectivity index (χ1v) is 8.87. The van der Waals surface area contributed by atoms with Gasteiger partial charge in [0.25, 0.3) is 0 Å². The summed E-state index contributed by atoms with van der Waals surface area (Å²) in [5.74, 6) is 1.10. The minimum absolute atomic E-state index is 0.384. The van der Waals surface area contributed by atoms with E-state index in [4.69, 9.17) is 5.10 Å². The molecule has 5 nitrogen and oxygen atoms in total. The number of nitrogens with zero attached hydrogens (tertiary/aromatic N) is 3. The first-order valence-electron chi connectivity index (χ1n) is 8.87. The van der Waals surface area contributed by atoms with Crippen molar-refractivity contribution in [2.45, 2.75) is 46.8 Å². The number of nitrogens with one attached hydrogen (secondary N) is 1. The number of hydrazone groups is 1. The van der Waals surface area contributed by atoms with Crippen LogP contribution in [0.4, 0.5) is 17.2 Å². The van der Waals surface area contributed by atoms with Crippen LogP contribution in [0.5, 0.6) is 0 Å². The largest absolute Gasteiger partial charge is 0.372 e. The predicted octanol–water partition coefficient (Wildman–Crippen LogP) is 4.78. The number of aromatic nitrogens is 1. The molecule has 1 aromatic carbocycles. The number of benzene rings is 1. The summed E-state index contributed by atoms with van der Waals surface area (Å²) in [6.45, 7) is 8.13. The predicted molar refractivity (Wildman–Crippen MR) is 105 cm³/mol. The van der Waals surface area contributed by atoms with Crippen molar-refractivity contribution < 1.29 is 5.11 Å². The first kappa shape index (κ1) is 18.9. The Bertz CT molecular complexity index is 685. The topological polar surface area (TPSA) is 60.8 Å². The highest BCUT2D eigenvalue weighted by Gasteiger charge is 2.15. The SMILES string of the molecule is CC/C(=N\N(c1ccnc(Nc2ccccc2)c1)C(C)O)C(C)CC. The third-order valence-electron chi connectivity index (χ3n) is 4.19. The summed E-state index contributed by atoms with van der Waals surface area (Å²) in [5, 5.41) is 19.9. The van der Waals surface area contributed by atoms with Crippen molar-refractivity contribution in [2.75, 3.05) is 10.3 Å². The summed E-state index contributed by atoms with van der Waals surface area (Å²) in [5.41, 5.74) is 2.85. The summed E-state index contributed by atoms with van der Waals surface area (Å²) >= 11 is 0. The number of anilines is 3. The molecule has 0 spiro atoms. The van der Waals surface area contributed by atoms with Gasteiger partial charge in [0.2, 0.25) is 0 Å². The molecule has 0 radical (unpaired) electrons. The van der Waals surface area contributed by atoms with E-state index in [1.165, 1.54) is 0 Å². The second kappa shape index (κ2) is 9.18. The van der Waals surface area contributed by atoms with Gasteiger partial charge in [0.1, 0.15) is 12.0 Å². The monoisotopic (exact) mass is 340 g/mol. The summed E-state index contributed by atoms with van der Waals surface area (Å²) in [7, 11) is 0. The molecule has 0 fully saturated rings. The highest BCUT2D eigenvalue weighted by Crippen LogP contribution is 2.23. The molecule has 0 bridgehead atoms. The van der Waals surface area contributed by atoms with E-state index in [-0.39, 0.29) is 0 Å². The van der Waals surface area contributed by atoms with Crippen LogP contribution in [0.2, 0.25) is 0 Å². The molecule has 1 heterocycles. The van der Waals surface area contributed by atoms with Crippen molar-refractivity contribution in [3.63, 3.8) is 0 Å².